The average molecular weight is 281 g/mol. The average Bonchev–Trinajstić information content (AvgIpc) is 2.45. The highest BCUT2D eigenvalue weighted by Gasteiger charge is 2.20. The number of carbonyl (C=O) groups is 1. The fraction of sp³-hybridized carbons (Fsp3) is 0.500. The first-order valence-corrected chi connectivity index (χ1v) is 7.68. The third-order valence-corrected chi connectivity index (χ3v) is 3.67. The number of hydrogen-bond donors (Lipinski definition) is 1. The van der Waals surface area contributed by atoms with Crippen LogP contribution in [0.15, 0.2) is 24.3 Å². The maximum atomic E-state index is 11.4. The predicted octanol–water partition coefficient (Wildman–Crippen LogP) is 2.09. The van der Waals surface area contributed by atoms with E-state index in [1.165, 1.54) is 0 Å². The predicted molar refractivity (Wildman–Crippen MR) is 77.0 cm³/mol. The Kier molecular flexibility index (Phi) is 5.39. The van der Waals surface area contributed by atoms with Gasteiger partial charge >= 0.3 is 0 Å². The Hall–Kier alpha value is -1.36. The van der Waals surface area contributed by atoms with Gasteiger partial charge in [0.25, 0.3) is 0 Å². The molecule has 0 aliphatic carbocycles. The minimum Gasteiger partial charge on any atom is -0.486 e. The molecule has 4 nitrogen and oxygen atoms in total. The highest BCUT2D eigenvalue weighted by Crippen LogP contribution is 2.31. The molecule has 0 saturated carbocycles. The summed E-state index contributed by atoms with van der Waals surface area (Å²) in [6.07, 6.45) is 0.769. The van der Waals surface area contributed by atoms with E-state index in [0.717, 1.165) is 23.7 Å². The van der Waals surface area contributed by atoms with Crippen molar-refractivity contribution in [1.82, 2.24) is 5.32 Å². The second-order valence-corrected chi connectivity index (χ2v) is 5.55. The van der Waals surface area contributed by atoms with Crippen LogP contribution >= 0.6 is 11.8 Å². The van der Waals surface area contributed by atoms with Gasteiger partial charge in [-0.1, -0.05) is 19.1 Å². The van der Waals surface area contributed by atoms with Crippen LogP contribution in [-0.2, 0) is 4.79 Å². The van der Waals surface area contributed by atoms with Crippen LogP contribution in [0.1, 0.15) is 13.3 Å². The van der Waals surface area contributed by atoms with Gasteiger partial charge in [0, 0.05) is 13.0 Å². The molecule has 0 unspecified atom stereocenters. The smallest absolute Gasteiger partial charge is 0.229 e. The number of benzene rings is 1. The molecule has 0 fully saturated rings. The fourth-order valence-corrected chi connectivity index (χ4v) is 2.32. The Morgan fingerprint density at radius 1 is 1.42 bits per heavy atom. The Morgan fingerprint density at radius 2 is 2.21 bits per heavy atom. The second-order valence-electron chi connectivity index (χ2n) is 4.27. The molecular formula is C14H19NO3S. The van der Waals surface area contributed by atoms with Crippen LogP contribution in [0.3, 0.4) is 0 Å². The van der Waals surface area contributed by atoms with E-state index >= 15 is 0 Å². The van der Waals surface area contributed by atoms with Gasteiger partial charge in [0.15, 0.2) is 11.5 Å². The van der Waals surface area contributed by atoms with Gasteiger partial charge in [-0.3, -0.25) is 4.79 Å². The first kappa shape index (κ1) is 14.1. The number of fused-ring (bicyclic) bond motifs is 1. The van der Waals surface area contributed by atoms with Crippen molar-refractivity contribution in [2.45, 2.75) is 19.4 Å². The van der Waals surface area contributed by atoms with Crippen molar-refractivity contribution in [3.05, 3.63) is 24.3 Å². The minimum absolute atomic E-state index is 0.00836. The molecule has 1 heterocycles. The Balaban J connectivity index is 1.70. The number of rotatable bonds is 6. The van der Waals surface area contributed by atoms with E-state index in [0.29, 0.717) is 18.9 Å². The lowest BCUT2D eigenvalue weighted by molar-refractivity contribution is -0.118. The van der Waals surface area contributed by atoms with Gasteiger partial charge in [-0.2, -0.15) is 11.8 Å². The summed E-state index contributed by atoms with van der Waals surface area (Å²) in [6, 6.07) is 7.65. The van der Waals surface area contributed by atoms with Crippen LogP contribution in [0.5, 0.6) is 11.5 Å². The molecule has 1 aliphatic rings. The standard InChI is InChI=1S/C14H19NO3S/c1-2-19-10-14(16)15-8-7-11-9-17-12-5-3-4-6-13(12)18-11/h3-6,11H,2,7-10H2,1H3,(H,15,16)/t11-/m1/s1. The van der Waals surface area contributed by atoms with Gasteiger partial charge in [0.1, 0.15) is 12.7 Å². The van der Waals surface area contributed by atoms with Crippen LogP contribution in [-0.4, -0.2) is 36.7 Å². The number of thioether (sulfide) groups is 1. The summed E-state index contributed by atoms with van der Waals surface area (Å²) in [5.41, 5.74) is 0. The zero-order chi connectivity index (χ0) is 13.5. The Labute approximate surface area is 117 Å². The Morgan fingerprint density at radius 3 is 3.00 bits per heavy atom. The molecule has 1 N–H and O–H groups in total. The first-order chi connectivity index (χ1) is 9.29. The first-order valence-electron chi connectivity index (χ1n) is 6.52. The van der Waals surface area contributed by atoms with Gasteiger partial charge in [-0.05, 0) is 17.9 Å². The van der Waals surface area contributed by atoms with Crippen molar-refractivity contribution < 1.29 is 14.3 Å². The van der Waals surface area contributed by atoms with Crippen molar-refractivity contribution >= 4 is 17.7 Å². The molecule has 0 saturated heterocycles. The van der Waals surface area contributed by atoms with Crippen molar-refractivity contribution in [1.29, 1.82) is 0 Å². The van der Waals surface area contributed by atoms with Crippen LogP contribution in [0.2, 0.25) is 0 Å². The molecule has 5 heteroatoms. The molecule has 0 radical (unpaired) electrons. The van der Waals surface area contributed by atoms with Crippen LogP contribution in [0.4, 0.5) is 0 Å². The summed E-state index contributed by atoms with van der Waals surface area (Å²) in [6.45, 7) is 3.21. The van der Waals surface area contributed by atoms with Gasteiger partial charge in [0.2, 0.25) is 5.91 Å². The van der Waals surface area contributed by atoms with Crippen molar-refractivity contribution in [2.24, 2.45) is 0 Å². The molecule has 19 heavy (non-hydrogen) atoms. The zero-order valence-corrected chi connectivity index (χ0v) is 11.9. The van der Waals surface area contributed by atoms with E-state index in [2.05, 4.69) is 5.32 Å². The molecule has 2 rings (SSSR count). The third kappa shape index (κ3) is 4.35. The van der Waals surface area contributed by atoms with Crippen molar-refractivity contribution in [3.63, 3.8) is 0 Å². The molecule has 1 amide bonds. The van der Waals surface area contributed by atoms with E-state index in [4.69, 9.17) is 9.47 Å². The van der Waals surface area contributed by atoms with Crippen molar-refractivity contribution in [3.8, 4) is 11.5 Å². The van der Waals surface area contributed by atoms with E-state index < -0.39 is 0 Å². The van der Waals surface area contributed by atoms with Crippen LogP contribution in [0, 0.1) is 0 Å². The summed E-state index contributed by atoms with van der Waals surface area (Å²) in [4.78, 5) is 11.4. The lowest BCUT2D eigenvalue weighted by atomic mass is 10.2. The van der Waals surface area contributed by atoms with Gasteiger partial charge in [0.05, 0.1) is 5.75 Å². The van der Waals surface area contributed by atoms with Crippen LogP contribution < -0.4 is 14.8 Å². The topological polar surface area (TPSA) is 47.6 Å². The largest absolute Gasteiger partial charge is 0.486 e. The molecule has 1 aromatic carbocycles. The summed E-state index contributed by atoms with van der Waals surface area (Å²) < 4.78 is 11.4. The number of para-hydroxylation sites is 2. The van der Waals surface area contributed by atoms with Crippen molar-refractivity contribution in [2.75, 3.05) is 24.7 Å². The second kappa shape index (κ2) is 7.28. The molecule has 1 aliphatic heterocycles. The highest BCUT2D eigenvalue weighted by molar-refractivity contribution is 7.99. The quantitative estimate of drug-likeness (QED) is 0.867. The number of carbonyl (C=O) groups excluding carboxylic acids is 1. The summed E-state index contributed by atoms with van der Waals surface area (Å²) in [7, 11) is 0. The van der Waals surface area contributed by atoms with E-state index in [1.54, 1.807) is 11.8 Å². The molecular weight excluding hydrogens is 262 g/mol. The molecule has 104 valence electrons. The molecule has 0 bridgehead atoms. The minimum atomic E-state index is 0.00836. The lowest BCUT2D eigenvalue weighted by Crippen LogP contribution is -2.34. The summed E-state index contributed by atoms with van der Waals surface area (Å²) >= 11 is 1.62. The monoisotopic (exact) mass is 281 g/mol. The molecule has 0 spiro atoms. The fourth-order valence-electron chi connectivity index (χ4n) is 1.82. The number of amides is 1. The lowest BCUT2D eigenvalue weighted by Gasteiger charge is -2.26. The van der Waals surface area contributed by atoms with Gasteiger partial charge < -0.3 is 14.8 Å². The summed E-state index contributed by atoms with van der Waals surface area (Å²) in [5.74, 6) is 3.16. The van der Waals surface area contributed by atoms with Gasteiger partial charge in [-0.15, -0.1) is 0 Å². The molecule has 0 aromatic heterocycles. The maximum absolute atomic E-state index is 11.4. The van der Waals surface area contributed by atoms with E-state index in [9.17, 15) is 4.79 Å². The van der Waals surface area contributed by atoms with Crippen LogP contribution in [0.25, 0.3) is 0 Å². The molecule has 1 atom stereocenters. The summed E-state index contributed by atoms with van der Waals surface area (Å²) in [5, 5.41) is 2.89. The van der Waals surface area contributed by atoms with Gasteiger partial charge in [-0.25, -0.2) is 0 Å². The maximum Gasteiger partial charge on any atom is 0.229 e. The van der Waals surface area contributed by atoms with E-state index in [1.807, 2.05) is 31.2 Å². The highest BCUT2D eigenvalue weighted by atomic mass is 32.2. The number of nitrogens with one attached hydrogen (secondary N) is 1. The Bertz CT molecular complexity index is 425. The number of ether oxygens (including phenoxy) is 2. The number of hydrogen-bond acceptors (Lipinski definition) is 4. The SMILES string of the molecule is CCSCC(=O)NCC[C@@H]1COc2ccccc2O1. The normalized spacial score (nSPS) is 17.0. The third-order valence-electron chi connectivity index (χ3n) is 2.79. The molecule has 1 aromatic rings. The zero-order valence-electron chi connectivity index (χ0n) is 11.1. The van der Waals surface area contributed by atoms with E-state index in [-0.39, 0.29) is 12.0 Å².